The lowest BCUT2D eigenvalue weighted by Gasteiger charge is -2.23. The smallest absolute Gasteiger partial charge is 0.238 e. The fourth-order valence-electron chi connectivity index (χ4n) is 1.73. The Morgan fingerprint density at radius 1 is 1.35 bits per heavy atom. The first-order valence-electron chi connectivity index (χ1n) is 6.46. The molecule has 5 heteroatoms. The predicted octanol–water partition coefficient (Wildman–Crippen LogP) is 2.98. The highest BCUT2D eigenvalue weighted by Crippen LogP contribution is 2.33. The van der Waals surface area contributed by atoms with E-state index in [1.165, 1.54) is 6.07 Å². The third-order valence-corrected chi connectivity index (χ3v) is 3.78. The van der Waals surface area contributed by atoms with Crippen molar-refractivity contribution in [3.63, 3.8) is 0 Å². The van der Waals surface area contributed by atoms with Crippen molar-refractivity contribution in [2.24, 2.45) is 5.14 Å². The van der Waals surface area contributed by atoms with E-state index < -0.39 is 10.0 Å². The van der Waals surface area contributed by atoms with Crippen molar-refractivity contribution in [3.05, 3.63) is 35.9 Å². The first kappa shape index (κ1) is 16.7. The second-order valence-electron chi connectivity index (χ2n) is 6.01. The molecular weight excluding hydrogens is 274 g/mol. The summed E-state index contributed by atoms with van der Waals surface area (Å²) < 4.78 is 28.6. The van der Waals surface area contributed by atoms with Gasteiger partial charge >= 0.3 is 0 Å². The van der Waals surface area contributed by atoms with Gasteiger partial charge in [-0.2, -0.15) is 0 Å². The van der Waals surface area contributed by atoms with E-state index in [9.17, 15) is 8.42 Å². The van der Waals surface area contributed by atoms with Crippen LogP contribution < -0.4 is 9.88 Å². The highest BCUT2D eigenvalue weighted by molar-refractivity contribution is 7.89. The van der Waals surface area contributed by atoms with Crippen molar-refractivity contribution in [2.75, 3.05) is 6.61 Å². The minimum atomic E-state index is -3.71. The highest BCUT2D eigenvalue weighted by Gasteiger charge is 2.22. The molecule has 0 aromatic heterocycles. The van der Waals surface area contributed by atoms with Crippen LogP contribution in [0.15, 0.2) is 35.2 Å². The number of primary sulfonamides is 1. The van der Waals surface area contributed by atoms with E-state index in [1.54, 1.807) is 12.1 Å². The highest BCUT2D eigenvalue weighted by atomic mass is 32.2. The van der Waals surface area contributed by atoms with Crippen LogP contribution in [0.2, 0.25) is 0 Å². The maximum absolute atomic E-state index is 11.5. The van der Waals surface area contributed by atoms with E-state index >= 15 is 0 Å². The zero-order valence-corrected chi connectivity index (χ0v) is 13.4. The summed E-state index contributed by atoms with van der Waals surface area (Å²) in [7, 11) is -3.71. The van der Waals surface area contributed by atoms with E-state index in [0.717, 1.165) is 17.6 Å². The summed E-state index contributed by atoms with van der Waals surface area (Å²) in [5.41, 5.74) is 1.63. The first-order valence-corrected chi connectivity index (χ1v) is 8.01. The molecule has 0 spiro atoms. The normalized spacial score (nSPS) is 12.2. The van der Waals surface area contributed by atoms with Gasteiger partial charge in [0.05, 0.1) is 11.5 Å². The Morgan fingerprint density at radius 3 is 2.40 bits per heavy atom. The van der Waals surface area contributed by atoms with Crippen LogP contribution in [0.25, 0.3) is 0 Å². The number of benzene rings is 1. The summed E-state index contributed by atoms with van der Waals surface area (Å²) in [6.45, 7) is 12.3. The van der Waals surface area contributed by atoms with E-state index in [0.29, 0.717) is 12.4 Å². The number of nitrogens with two attached hydrogens (primary N) is 1. The molecule has 20 heavy (non-hydrogen) atoms. The molecule has 0 aliphatic rings. The van der Waals surface area contributed by atoms with Crippen molar-refractivity contribution >= 4 is 10.0 Å². The average molecular weight is 297 g/mol. The molecule has 0 unspecified atom stereocenters. The SMILES string of the molecule is C=C(C)CCOc1ccc(S(N)(=O)=O)cc1C(C)(C)C. The van der Waals surface area contributed by atoms with E-state index in [4.69, 9.17) is 9.88 Å². The van der Waals surface area contributed by atoms with Gasteiger partial charge < -0.3 is 4.74 Å². The van der Waals surface area contributed by atoms with Crippen LogP contribution in [0.4, 0.5) is 0 Å². The van der Waals surface area contributed by atoms with Gasteiger partial charge in [0.25, 0.3) is 0 Å². The molecule has 0 saturated heterocycles. The van der Waals surface area contributed by atoms with Crippen LogP contribution >= 0.6 is 0 Å². The van der Waals surface area contributed by atoms with Gasteiger partial charge in [-0.25, -0.2) is 13.6 Å². The molecule has 2 N–H and O–H groups in total. The van der Waals surface area contributed by atoms with Crippen LogP contribution in [0, 0.1) is 0 Å². The van der Waals surface area contributed by atoms with Crippen molar-refractivity contribution in [3.8, 4) is 5.75 Å². The van der Waals surface area contributed by atoms with Crippen molar-refractivity contribution in [2.45, 2.75) is 44.4 Å². The van der Waals surface area contributed by atoms with Crippen molar-refractivity contribution in [1.29, 1.82) is 0 Å². The largest absolute Gasteiger partial charge is 0.493 e. The molecule has 0 aliphatic heterocycles. The Balaban J connectivity index is 3.15. The van der Waals surface area contributed by atoms with Crippen LogP contribution in [0.3, 0.4) is 0 Å². The second kappa shape index (κ2) is 5.97. The summed E-state index contributed by atoms with van der Waals surface area (Å²) in [5.74, 6) is 0.686. The quantitative estimate of drug-likeness (QED) is 0.849. The lowest BCUT2D eigenvalue weighted by atomic mass is 9.86. The number of sulfonamides is 1. The van der Waals surface area contributed by atoms with Gasteiger partial charge in [-0.1, -0.05) is 26.3 Å². The lowest BCUT2D eigenvalue weighted by Crippen LogP contribution is -2.17. The zero-order valence-electron chi connectivity index (χ0n) is 12.6. The Labute approximate surface area is 121 Å². The Kier molecular flexibility index (Phi) is 5.00. The average Bonchev–Trinajstić information content (AvgIpc) is 2.25. The third kappa shape index (κ3) is 4.65. The molecule has 0 aliphatic carbocycles. The molecule has 1 rings (SSSR count). The predicted molar refractivity (Wildman–Crippen MR) is 81.4 cm³/mol. The van der Waals surface area contributed by atoms with Crippen molar-refractivity contribution < 1.29 is 13.2 Å². The topological polar surface area (TPSA) is 69.4 Å². The molecule has 0 heterocycles. The molecule has 0 fully saturated rings. The standard InChI is InChI=1S/C15H23NO3S/c1-11(2)8-9-19-14-7-6-12(20(16,17)18)10-13(14)15(3,4)5/h6-7,10H,1,8-9H2,2-5H3,(H2,16,17,18). The van der Waals surface area contributed by atoms with Gasteiger partial charge in [0.15, 0.2) is 0 Å². The maximum Gasteiger partial charge on any atom is 0.238 e. The monoisotopic (exact) mass is 297 g/mol. The molecular formula is C15H23NO3S. The fourth-order valence-corrected chi connectivity index (χ4v) is 2.27. The molecule has 0 atom stereocenters. The number of hydrogen-bond donors (Lipinski definition) is 1. The molecule has 1 aromatic rings. The first-order chi connectivity index (χ1) is 9.01. The van der Waals surface area contributed by atoms with Crippen LogP contribution in [-0.2, 0) is 15.4 Å². The summed E-state index contributed by atoms with van der Waals surface area (Å²) in [4.78, 5) is 0.106. The van der Waals surface area contributed by atoms with Gasteiger partial charge in [0, 0.05) is 12.0 Å². The molecule has 0 amide bonds. The molecule has 0 saturated carbocycles. The van der Waals surface area contributed by atoms with Crippen molar-refractivity contribution in [1.82, 2.24) is 0 Å². The van der Waals surface area contributed by atoms with Gasteiger partial charge in [0.1, 0.15) is 5.75 Å². The second-order valence-corrected chi connectivity index (χ2v) is 7.57. The third-order valence-electron chi connectivity index (χ3n) is 2.87. The maximum atomic E-state index is 11.5. The van der Waals surface area contributed by atoms with E-state index in [2.05, 4.69) is 6.58 Å². The Bertz CT molecular complexity index is 598. The Hall–Kier alpha value is -1.33. The number of ether oxygens (including phenoxy) is 1. The van der Waals surface area contributed by atoms with Gasteiger partial charge in [0.2, 0.25) is 10.0 Å². The van der Waals surface area contributed by atoms with Crippen LogP contribution in [0.5, 0.6) is 5.75 Å². The van der Waals surface area contributed by atoms with Crippen LogP contribution in [-0.4, -0.2) is 15.0 Å². The fraction of sp³-hybridized carbons (Fsp3) is 0.467. The number of rotatable bonds is 5. The molecule has 0 radical (unpaired) electrons. The minimum absolute atomic E-state index is 0.106. The minimum Gasteiger partial charge on any atom is -0.493 e. The van der Waals surface area contributed by atoms with E-state index in [1.807, 2.05) is 27.7 Å². The summed E-state index contributed by atoms with van der Waals surface area (Å²) in [5, 5.41) is 5.18. The molecule has 0 bridgehead atoms. The van der Waals surface area contributed by atoms with Crippen LogP contribution in [0.1, 0.15) is 39.7 Å². The van der Waals surface area contributed by atoms with Gasteiger partial charge in [-0.15, -0.1) is 6.58 Å². The summed E-state index contributed by atoms with van der Waals surface area (Å²) in [6, 6.07) is 4.73. The summed E-state index contributed by atoms with van der Waals surface area (Å²) in [6.07, 6.45) is 0.764. The molecule has 112 valence electrons. The number of hydrogen-bond acceptors (Lipinski definition) is 3. The van der Waals surface area contributed by atoms with Gasteiger partial charge in [-0.05, 0) is 30.5 Å². The van der Waals surface area contributed by atoms with E-state index in [-0.39, 0.29) is 10.3 Å². The zero-order chi connectivity index (χ0) is 15.6. The van der Waals surface area contributed by atoms with Gasteiger partial charge in [-0.3, -0.25) is 0 Å². The Morgan fingerprint density at radius 2 is 1.95 bits per heavy atom. The molecule has 1 aromatic carbocycles. The lowest BCUT2D eigenvalue weighted by molar-refractivity contribution is 0.312. The summed E-state index contributed by atoms with van der Waals surface area (Å²) >= 11 is 0. The molecule has 4 nitrogen and oxygen atoms in total.